The molecule has 1 unspecified atom stereocenters. The molecule has 1 aliphatic heterocycles. The SMILES string of the molecule is COc1ccc2nccc(-n3cc4c(n3)CCC(NC(=O)c3cc5c(cc3C(F)(F)F)SC(=O)CN5)C4)c2n1. The van der Waals surface area contributed by atoms with E-state index in [1.807, 2.05) is 12.3 Å². The number of alkyl halides is 3. The minimum absolute atomic E-state index is 0.0193. The number of ether oxygens (including phenoxy) is 1. The largest absolute Gasteiger partial charge is 0.481 e. The van der Waals surface area contributed by atoms with E-state index in [1.165, 1.54) is 13.2 Å². The lowest BCUT2D eigenvalue weighted by atomic mass is 9.93. The number of carbonyl (C=O) groups is 2. The van der Waals surface area contributed by atoms with Crippen molar-refractivity contribution < 1.29 is 27.5 Å². The Morgan fingerprint density at radius 1 is 1.26 bits per heavy atom. The Hall–Kier alpha value is -4.13. The van der Waals surface area contributed by atoms with Crippen LogP contribution >= 0.6 is 11.8 Å². The lowest BCUT2D eigenvalue weighted by Gasteiger charge is -2.25. The molecule has 0 bridgehead atoms. The van der Waals surface area contributed by atoms with Gasteiger partial charge in [0.2, 0.25) is 11.0 Å². The quantitative estimate of drug-likeness (QED) is 0.387. The summed E-state index contributed by atoms with van der Waals surface area (Å²) in [4.78, 5) is 33.8. The number of pyridine rings is 2. The minimum atomic E-state index is -4.76. The van der Waals surface area contributed by atoms with Crippen molar-refractivity contribution in [3.63, 3.8) is 0 Å². The summed E-state index contributed by atoms with van der Waals surface area (Å²) in [6.45, 7) is -0.0193. The molecule has 200 valence electrons. The van der Waals surface area contributed by atoms with Crippen molar-refractivity contribution in [3.8, 4) is 11.6 Å². The highest BCUT2D eigenvalue weighted by molar-refractivity contribution is 8.14. The molecule has 3 aromatic heterocycles. The number of aryl methyl sites for hydroxylation is 1. The molecule has 2 N–H and O–H groups in total. The zero-order valence-electron chi connectivity index (χ0n) is 20.5. The number of rotatable bonds is 4. The van der Waals surface area contributed by atoms with Crippen molar-refractivity contribution in [2.24, 2.45) is 0 Å². The maximum absolute atomic E-state index is 13.9. The Morgan fingerprint density at radius 3 is 2.90 bits per heavy atom. The number of aromatic nitrogens is 4. The molecular formula is C26H21F3N6O3S. The summed E-state index contributed by atoms with van der Waals surface area (Å²) in [5.74, 6) is -0.372. The summed E-state index contributed by atoms with van der Waals surface area (Å²) in [6, 6.07) is 6.99. The van der Waals surface area contributed by atoms with Gasteiger partial charge in [0.1, 0.15) is 5.52 Å². The number of hydrogen-bond donors (Lipinski definition) is 2. The minimum Gasteiger partial charge on any atom is -0.481 e. The molecular weight excluding hydrogens is 533 g/mol. The summed E-state index contributed by atoms with van der Waals surface area (Å²) in [5, 5.41) is 9.99. The zero-order chi connectivity index (χ0) is 27.3. The molecule has 1 aliphatic carbocycles. The van der Waals surface area contributed by atoms with E-state index in [2.05, 4.69) is 20.6 Å². The van der Waals surface area contributed by atoms with E-state index in [0.29, 0.717) is 47.6 Å². The van der Waals surface area contributed by atoms with Crippen LogP contribution in [0.15, 0.2) is 47.6 Å². The molecule has 0 saturated carbocycles. The monoisotopic (exact) mass is 554 g/mol. The molecule has 13 heteroatoms. The smallest absolute Gasteiger partial charge is 0.417 e. The third kappa shape index (κ3) is 4.78. The summed E-state index contributed by atoms with van der Waals surface area (Å²) in [5.41, 5.74) is 2.52. The molecule has 1 atom stereocenters. The molecule has 0 fully saturated rings. The topological polar surface area (TPSA) is 111 Å². The summed E-state index contributed by atoms with van der Waals surface area (Å²) in [6.07, 6.45) is 0.234. The second-order valence-electron chi connectivity index (χ2n) is 9.23. The average Bonchev–Trinajstić information content (AvgIpc) is 3.34. The number of nitrogens with one attached hydrogen (secondary N) is 2. The third-order valence-electron chi connectivity index (χ3n) is 6.72. The molecule has 4 aromatic rings. The van der Waals surface area contributed by atoms with Gasteiger partial charge in [0.25, 0.3) is 5.91 Å². The molecule has 1 aromatic carbocycles. The first-order valence-corrected chi connectivity index (χ1v) is 12.9. The van der Waals surface area contributed by atoms with Gasteiger partial charge in [0.15, 0.2) is 0 Å². The second kappa shape index (κ2) is 9.56. The van der Waals surface area contributed by atoms with Crippen molar-refractivity contribution in [1.29, 1.82) is 0 Å². The first-order chi connectivity index (χ1) is 18.7. The Balaban J connectivity index is 1.25. The van der Waals surface area contributed by atoms with E-state index in [-0.39, 0.29) is 22.6 Å². The number of carbonyl (C=O) groups excluding carboxylic acids is 2. The van der Waals surface area contributed by atoms with Crippen LogP contribution in [0.1, 0.15) is 33.6 Å². The van der Waals surface area contributed by atoms with Crippen molar-refractivity contribution in [1.82, 2.24) is 25.1 Å². The van der Waals surface area contributed by atoms with Crippen molar-refractivity contribution in [3.05, 3.63) is 65.1 Å². The Labute approximate surface area is 224 Å². The van der Waals surface area contributed by atoms with E-state index >= 15 is 0 Å². The maximum atomic E-state index is 13.9. The van der Waals surface area contributed by atoms with Crippen molar-refractivity contribution >= 4 is 39.5 Å². The van der Waals surface area contributed by atoms with Gasteiger partial charge in [-0.2, -0.15) is 18.3 Å². The van der Waals surface area contributed by atoms with Crippen molar-refractivity contribution in [2.45, 2.75) is 36.4 Å². The highest BCUT2D eigenvalue weighted by Crippen LogP contribution is 2.40. The Bertz CT molecular complexity index is 1640. The number of anilines is 1. The number of fused-ring (bicyclic) bond motifs is 3. The summed E-state index contributed by atoms with van der Waals surface area (Å²) in [7, 11) is 1.53. The average molecular weight is 555 g/mol. The van der Waals surface area contributed by atoms with Gasteiger partial charge in [-0.1, -0.05) is 0 Å². The van der Waals surface area contributed by atoms with Gasteiger partial charge in [0.05, 0.1) is 41.7 Å². The van der Waals surface area contributed by atoms with Gasteiger partial charge < -0.3 is 15.4 Å². The van der Waals surface area contributed by atoms with Crippen LogP contribution in [0.3, 0.4) is 0 Å². The lowest BCUT2D eigenvalue weighted by Crippen LogP contribution is -2.39. The van der Waals surface area contributed by atoms with Gasteiger partial charge in [-0.05, 0) is 60.9 Å². The fraction of sp³-hybridized carbons (Fsp3) is 0.269. The van der Waals surface area contributed by atoms with Crippen LogP contribution in [0.2, 0.25) is 0 Å². The van der Waals surface area contributed by atoms with Crippen LogP contribution in [0.25, 0.3) is 16.7 Å². The van der Waals surface area contributed by atoms with E-state index in [9.17, 15) is 22.8 Å². The van der Waals surface area contributed by atoms with Crippen LogP contribution in [0.4, 0.5) is 18.9 Å². The van der Waals surface area contributed by atoms with E-state index in [4.69, 9.17) is 9.84 Å². The molecule has 0 radical (unpaired) electrons. The highest BCUT2D eigenvalue weighted by atomic mass is 32.2. The predicted molar refractivity (Wildman–Crippen MR) is 137 cm³/mol. The molecule has 39 heavy (non-hydrogen) atoms. The predicted octanol–water partition coefficient (Wildman–Crippen LogP) is 4.17. The molecule has 0 saturated heterocycles. The van der Waals surface area contributed by atoms with E-state index < -0.39 is 23.2 Å². The fourth-order valence-corrected chi connectivity index (χ4v) is 5.67. The molecule has 1 amide bonds. The normalized spacial score (nSPS) is 16.8. The number of thioether (sulfide) groups is 1. The fourth-order valence-electron chi connectivity index (χ4n) is 4.86. The Morgan fingerprint density at radius 2 is 2.10 bits per heavy atom. The van der Waals surface area contributed by atoms with Crippen LogP contribution in [-0.4, -0.2) is 50.5 Å². The van der Waals surface area contributed by atoms with Crippen LogP contribution < -0.4 is 15.4 Å². The third-order valence-corrected chi connectivity index (χ3v) is 7.65. The summed E-state index contributed by atoms with van der Waals surface area (Å²) >= 11 is 0.736. The van der Waals surface area contributed by atoms with Gasteiger partial charge >= 0.3 is 6.18 Å². The lowest BCUT2D eigenvalue weighted by molar-refractivity contribution is -0.138. The van der Waals surface area contributed by atoms with E-state index in [0.717, 1.165) is 29.1 Å². The number of methoxy groups -OCH3 is 1. The summed E-state index contributed by atoms with van der Waals surface area (Å²) < 4.78 is 48.5. The van der Waals surface area contributed by atoms with Crippen LogP contribution in [0.5, 0.6) is 5.88 Å². The number of hydrogen-bond acceptors (Lipinski definition) is 8. The Kier molecular flexibility index (Phi) is 6.17. The second-order valence-corrected chi connectivity index (χ2v) is 10.3. The van der Waals surface area contributed by atoms with Gasteiger partial charge in [-0.25, -0.2) is 9.67 Å². The number of benzene rings is 1. The number of halogens is 3. The van der Waals surface area contributed by atoms with Gasteiger partial charge in [-0.15, -0.1) is 0 Å². The number of nitrogens with zero attached hydrogens (tertiary/aromatic N) is 4. The van der Waals surface area contributed by atoms with Gasteiger partial charge in [0, 0.05) is 35.1 Å². The van der Waals surface area contributed by atoms with Crippen LogP contribution in [-0.2, 0) is 23.8 Å². The maximum Gasteiger partial charge on any atom is 0.417 e. The molecule has 2 aliphatic rings. The molecule has 6 rings (SSSR count). The standard InChI is InChI=1S/C26H21F3N6O3S/c1-38-22-5-4-18-24(33-22)20(6-7-30-18)35-12-13-8-14(2-3-17(13)34-35)32-25(37)15-9-19-21(39-23(36)11-31-19)10-16(15)26(27,28)29/h4-7,9-10,12,14,31H,2-3,8,11H2,1H3,(H,32,37). The first kappa shape index (κ1) is 25.2. The highest BCUT2D eigenvalue weighted by Gasteiger charge is 2.38. The molecule has 0 spiro atoms. The molecule has 9 nitrogen and oxygen atoms in total. The zero-order valence-corrected chi connectivity index (χ0v) is 21.3. The van der Waals surface area contributed by atoms with Crippen LogP contribution in [0, 0.1) is 0 Å². The van der Waals surface area contributed by atoms with Gasteiger partial charge in [-0.3, -0.25) is 14.6 Å². The number of amides is 1. The molecule has 4 heterocycles. The van der Waals surface area contributed by atoms with E-state index in [1.54, 1.807) is 23.0 Å². The first-order valence-electron chi connectivity index (χ1n) is 12.1. The van der Waals surface area contributed by atoms with Crippen molar-refractivity contribution in [2.75, 3.05) is 19.0 Å².